The van der Waals surface area contributed by atoms with E-state index in [9.17, 15) is 4.79 Å². The van der Waals surface area contributed by atoms with Crippen LogP contribution in [0.5, 0.6) is 5.75 Å². The van der Waals surface area contributed by atoms with Crippen LogP contribution in [0.2, 0.25) is 0 Å². The first-order chi connectivity index (χ1) is 12.2. The van der Waals surface area contributed by atoms with Gasteiger partial charge in [0.15, 0.2) is 0 Å². The number of nitrogens with zero attached hydrogens (tertiary/aromatic N) is 6. The fraction of sp³-hybridized carbons (Fsp3) is 0.294. The molecule has 1 amide bonds. The molecule has 0 N–H and O–H groups in total. The third-order valence-electron chi connectivity index (χ3n) is 4.13. The average molecular weight is 338 g/mol. The number of aromatic nitrogens is 1. The van der Waals surface area contributed by atoms with Gasteiger partial charge in [0.2, 0.25) is 0 Å². The van der Waals surface area contributed by atoms with Crippen LogP contribution in [0, 0.1) is 0 Å². The highest BCUT2D eigenvalue weighted by Gasteiger charge is 2.23. The van der Waals surface area contributed by atoms with Crippen molar-refractivity contribution < 1.29 is 9.53 Å². The molecule has 2 aromatic rings. The van der Waals surface area contributed by atoms with E-state index in [-0.39, 0.29) is 11.7 Å². The summed E-state index contributed by atoms with van der Waals surface area (Å²) in [6, 6.07) is 11.0. The minimum Gasteiger partial charge on any atom is -0.495 e. The number of carbonyl (C=O) groups is 1. The van der Waals surface area contributed by atoms with Crippen LogP contribution in [-0.2, 0) is 0 Å². The van der Waals surface area contributed by atoms with Gasteiger partial charge in [-0.2, -0.15) is 0 Å². The van der Waals surface area contributed by atoms with Gasteiger partial charge >= 0.3 is 0 Å². The van der Waals surface area contributed by atoms with E-state index >= 15 is 0 Å². The molecule has 0 saturated carbocycles. The summed E-state index contributed by atoms with van der Waals surface area (Å²) in [7, 11) is 1.66. The van der Waals surface area contributed by atoms with Gasteiger partial charge in [0.25, 0.3) is 5.91 Å². The molecule has 0 radical (unpaired) electrons. The van der Waals surface area contributed by atoms with E-state index < -0.39 is 0 Å². The van der Waals surface area contributed by atoms with Crippen LogP contribution in [0.25, 0.3) is 10.4 Å². The standard InChI is InChI=1S/C17H18N6O2/c1-25-15-5-3-2-4-14(15)22-8-10-23(11-9-22)17(24)13-6-7-16(19-12-13)20-21-18/h2-7,12H,8-11H2,1H3. The first-order valence-corrected chi connectivity index (χ1v) is 7.91. The number of carbonyl (C=O) groups excluding carboxylic acids is 1. The molecule has 1 aromatic heterocycles. The van der Waals surface area contributed by atoms with Crippen molar-refractivity contribution in [1.82, 2.24) is 9.88 Å². The van der Waals surface area contributed by atoms with Crippen LogP contribution in [0.4, 0.5) is 11.5 Å². The third kappa shape index (κ3) is 3.64. The van der Waals surface area contributed by atoms with Gasteiger partial charge in [-0.25, -0.2) is 0 Å². The second-order valence-electron chi connectivity index (χ2n) is 5.55. The molecule has 2 heterocycles. The molecule has 0 bridgehead atoms. The zero-order valence-corrected chi connectivity index (χ0v) is 13.9. The van der Waals surface area contributed by atoms with Crippen molar-refractivity contribution in [2.24, 2.45) is 5.11 Å². The lowest BCUT2D eigenvalue weighted by Crippen LogP contribution is -2.48. The van der Waals surface area contributed by atoms with Crippen molar-refractivity contribution in [3.63, 3.8) is 0 Å². The molecule has 1 aromatic carbocycles. The number of hydrogen-bond donors (Lipinski definition) is 0. The number of pyridine rings is 1. The normalized spacial score (nSPS) is 14.0. The van der Waals surface area contributed by atoms with Gasteiger partial charge in [0.05, 0.1) is 18.4 Å². The summed E-state index contributed by atoms with van der Waals surface area (Å²) in [4.78, 5) is 23.2. The molecule has 128 valence electrons. The first-order valence-electron chi connectivity index (χ1n) is 7.91. The predicted octanol–water partition coefficient (Wildman–Crippen LogP) is 2.99. The summed E-state index contributed by atoms with van der Waals surface area (Å²) in [5, 5.41) is 3.41. The Bertz CT molecular complexity index is 793. The van der Waals surface area contributed by atoms with Crippen LogP contribution in [0.3, 0.4) is 0 Å². The summed E-state index contributed by atoms with van der Waals surface area (Å²) < 4.78 is 5.41. The Morgan fingerprint density at radius 2 is 1.96 bits per heavy atom. The Morgan fingerprint density at radius 3 is 2.60 bits per heavy atom. The number of methoxy groups -OCH3 is 1. The van der Waals surface area contributed by atoms with Crippen LogP contribution >= 0.6 is 0 Å². The third-order valence-corrected chi connectivity index (χ3v) is 4.13. The van der Waals surface area contributed by atoms with Gasteiger partial charge in [-0.05, 0) is 34.9 Å². The Kier molecular flexibility index (Phi) is 5.01. The maximum absolute atomic E-state index is 12.6. The van der Waals surface area contributed by atoms with Crippen molar-refractivity contribution in [1.29, 1.82) is 0 Å². The summed E-state index contributed by atoms with van der Waals surface area (Å²) in [6.45, 7) is 2.71. The molecule has 0 atom stereocenters. The van der Waals surface area contributed by atoms with Crippen LogP contribution in [0.1, 0.15) is 10.4 Å². The molecular formula is C17H18N6O2. The highest BCUT2D eigenvalue weighted by Crippen LogP contribution is 2.28. The number of piperazine rings is 1. The molecular weight excluding hydrogens is 320 g/mol. The smallest absolute Gasteiger partial charge is 0.255 e. The number of anilines is 1. The first kappa shape index (κ1) is 16.6. The zero-order valence-electron chi connectivity index (χ0n) is 13.9. The molecule has 1 saturated heterocycles. The van der Waals surface area contributed by atoms with E-state index in [1.807, 2.05) is 24.3 Å². The summed E-state index contributed by atoms with van der Waals surface area (Å²) >= 11 is 0. The summed E-state index contributed by atoms with van der Waals surface area (Å²) in [5.74, 6) is 1.01. The lowest BCUT2D eigenvalue weighted by molar-refractivity contribution is 0.0746. The highest BCUT2D eigenvalue weighted by molar-refractivity contribution is 5.94. The number of benzene rings is 1. The lowest BCUT2D eigenvalue weighted by Gasteiger charge is -2.36. The molecule has 8 heteroatoms. The number of hydrogen-bond acceptors (Lipinski definition) is 5. The fourth-order valence-corrected chi connectivity index (χ4v) is 2.84. The second-order valence-corrected chi connectivity index (χ2v) is 5.55. The number of para-hydroxylation sites is 2. The Balaban J connectivity index is 1.65. The molecule has 1 fully saturated rings. The molecule has 1 aliphatic rings. The van der Waals surface area contributed by atoms with E-state index in [0.29, 0.717) is 18.7 Å². The quantitative estimate of drug-likeness (QED) is 0.486. The monoisotopic (exact) mass is 338 g/mol. The highest BCUT2D eigenvalue weighted by atomic mass is 16.5. The van der Waals surface area contributed by atoms with E-state index in [0.717, 1.165) is 24.5 Å². The van der Waals surface area contributed by atoms with Crippen molar-refractivity contribution in [3.8, 4) is 5.75 Å². The summed E-state index contributed by atoms with van der Waals surface area (Å²) in [5.41, 5.74) is 9.92. The number of azide groups is 1. The van der Waals surface area contributed by atoms with Gasteiger partial charge in [0.1, 0.15) is 11.6 Å². The SMILES string of the molecule is COc1ccccc1N1CCN(C(=O)c2ccc(N=[N+]=[N-])nc2)CC1. The maximum atomic E-state index is 12.6. The number of rotatable bonds is 4. The Morgan fingerprint density at radius 1 is 1.20 bits per heavy atom. The maximum Gasteiger partial charge on any atom is 0.255 e. The lowest BCUT2D eigenvalue weighted by atomic mass is 10.2. The number of amides is 1. The molecule has 0 unspecified atom stereocenters. The molecule has 0 spiro atoms. The van der Waals surface area contributed by atoms with Gasteiger partial charge in [-0.1, -0.05) is 12.1 Å². The Labute approximate surface area is 145 Å². The average Bonchev–Trinajstić information content (AvgIpc) is 2.68. The Hall–Kier alpha value is -3.25. The van der Waals surface area contributed by atoms with E-state index in [2.05, 4.69) is 19.9 Å². The summed E-state index contributed by atoms with van der Waals surface area (Å²) in [6.07, 6.45) is 1.44. The van der Waals surface area contributed by atoms with Crippen LogP contribution in [-0.4, -0.2) is 49.1 Å². The molecule has 0 aliphatic carbocycles. The molecule has 8 nitrogen and oxygen atoms in total. The molecule has 25 heavy (non-hydrogen) atoms. The van der Waals surface area contributed by atoms with Crippen molar-refractivity contribution in [2.45, 2.75) is 0 Å². The van der Waals surface area contributed by atoms with E-state index in [4.69, 9.17) is 10.3 Å². The minimum absolute atomic E-state index is 0.0698. The topological polar surface area (TPSA) is 94.4 Å². The number of ether oxygens (including phenoxy) is 1. The minimum atomic E-state index is -0.0698. The predicted molar refractivity (Wildman–Crippen MR) is 94.2 cm³/mol. The second kappa shape index (κ2) is 7.55. The van der Waals surface area contributed by atoms with Crippen molar-refractivity contribution in [3.05, 3.63) is 58.6 Å². The van der Waals surface area contributed by atoms with E-state index in [1.54, 1.807) is 18.1 Å². The largest absolute Gasteiger partial charge is 0.495 e. The van der Waals surface area contributed by atoms with Gasteiger partial charge in [-0.15, -0.1) is 0 Å². The molecule has 3 rings (SSSR count). The van der Waals surface area contributed by atoms with Crippen LogP contribution < -0.4 is 9.64 Å². The van der Waals surface area contributed by atoms with Gasteiger partial charge < -0.3 is 14.5 Å². The molecule has 1 aliphatic heterocycles. The van der Waals surface area contributed by atoms with Crippen molar-refractivity contribution >= 4 is 17.4 Å². The van der Waals surface area contributed by atoms with Gasteiger partial charge in [-0.3, -0.25) is 9.78 Å². The zero-order chi connectivity index (χ0) is 17.6. The van der Waals surface area contributed by atoms with E-state index in [1.165, 1.54) is 12.3 Å². The fourth-order valence-electron chi connectivity index (χ4n) is 2.84. The van der Waals surface area contributed by atoms with Crippen LogP contribution in [0.15, 0.2) is 47.7 Å². The van der Waals surface area contributed by atoms with Gasteiger partial charge in [0, 0.05) is 37.3 Å². The van der Waals surface area contributed by atoms with Crippen molar-refractivity contribution in [2.75, 3.05) is 38.2 Å².